The number of nitrogens with zero attached hydrogens (tertiary/aromatic N) is 3. The summed E-state index contributed by atoms with van der Waals surface area (Å²) in [4.78, 5) is 30.1. The van der Waals surface area contributed by atoms with Crippen molar-refractivity contribution in [3.8, 4) is 5.75 Å². The quantitative estimate of drug-likeness (QED) is 0.429. The predicted octanol–water partition coefficient (Wildman–Crippen LogP) is 1.24. The van der Waals surface area contributed by atoms with E-state index in [1.165, 1.54) is 12.1 Å². The van der Waals surface area contributed by atoms with Gasteiger partial charge in [0.1, 0.15) is 5.75 Å². The first-order valence-corrected chi connectivity index (χ1v) is 11.1. The van der Waals surface area contributed by atoms with Gasteiger partial charge in [0.05, 0.1) is 24.9 Å². The molecule has 3 fully saturated rings. The SMILES string of the molecule is C=CC(=O)N1CC(N2CCN(C(=O)CNc3cc(C4CC4)c(Cl)cc3O)C[C@H]2CO)C1. The summed E-state index contributed by atoms with van der Waals surface area (Å²) in [6.45, 7) is 6.40. The average molecular weight is 449 g/mol. The molecule has 1 aromatic carbocycles. The van der Waals surface area contributed by atoms with Crippen LogP contribution in [0.2, 0.25) is 5.02 Å². The van der Waals surface area contributed by atoms with E-state index in [0.717, 1.165) is 18.4 Å². The molecule has 0 aromatic heterocycles. The maximum absolute atomic E-state index is 12.8. The van der Waals surface area contributed by atoms with Crippen molar-refractivity contribution in [2.24, 2.45) is 0 Å². The molecule has 2 heterocycles. The lowest BCUT2D eigenvalue weighted by Crippen LogP contribution is -2.68. The fourth-order valence-corrected chi connectivity index (χ4v) is 4.74. The first kappa shape index (κ1) is 21.9. The number of carbonyl (C=O) groups excluding carboxylic acids is 2. The summed E-state index contributed by atoms with van der Waals surface area (Å²) >= 11 is 6.23. The van der Waals surface area contributed by atoms with Crippen LogP contribution in [0.4, 0.5) is 5.69 Å². The number of piperazine rings is 1. The van der Waals surface area contributed by atoms with Crippen molar-refractivity contribution in [3.63, 3.8) is 0 Å². The van der Waals surface area contributed by atoms with Gasteiger partial charge in [-0.15, -0.1) is 0 Å². The van der Waals surface area contributed by atoms with E-state index in [9.17, 15) is 19.8 Å². The van der Waals surface area contributed by atoms with Crippen LogP contribution in [0.15, 0.2) is 24.8 Å². The van der Waals surface area contributed by atoms with Crippen molar-refractivity contribution >= 4 is 29.1 Å². The number of aromatic hydroxyl groups is 1. The molecule has 1 aliphatic carbocycles. The Labute approximate surface area is 187 Å². The Morgan fingerprint density at radius 1 is 1.19 bits per heavy atom. The number of hydrogen-bond donors (Lipinski definition) is 3. The van der Waals surface area contributed by atoms with Crippen LogP contribution in [0.5, 0.6) is 5.75 Å². The van der Waals surface area contributed by atoms with Gasteiger partial charge in [-0.1, -0.05) is 18.2 Å². The highest BCUT2D eigenvalue weighted by atomic mass is 35.5. The van der Waals surface area contributed by atoms with Crippen LogP contribution in [-0.2, 0) is 9.59 Å². The largest absolute Gasteiger partial charge is 0.506 e. The van der Waals surface area contributed by atoms with Gasteiger partial charge in [0, 0.05) is 49.9 Å². The molecule has 1 atom stereocenters. The Morgan fingerprint density at radius 2 is 1.94 bits per heavy atom. The van der Waals surface area contributed by atoms with Gasteiger partial charge in [0.2, 0.25) is 11.8 Å². The molecule has 1 saturated carbocycles. The molecule has 0 unspecified atom stereocenters. The molecule has 2 aliphatic heterocycles. The first-order valence-electron chi connectivity index (χ1n) is 10.7. The lowest BCUT2D eigenvalue weighted by molar-refractivity contribution is -0.139. The van der Waals surface area contributed by atoms with Crippen molar-refractivity contribution in [2.75, 3.05) is 51.2 Å². The average Bonchev–Trinajstić information content (AvgIpc) is 3.57. The summed E-state index contributed by atoms with van der Waals surface area (Å²) in [5.41, 5.74) is 1.52. The third-order valence-corrected chi connectivity index (χ3v) is 6.80. The molecule has 168 valence electrons. The van der Waals surface area contributed by atoms with Crippen molar-refractivity contribution in [1.29, 1.82) is 0 Å². The van der Waals surface area contributed by atoms with Crippen LogP contribution in [-0.4, -0.2) is 94.7 Å². The Kier molecular flexibility index (Phi) is 6.41. The molecule has 0 radical (unpaired) electrons. The van der Waals surface area contributed by atoms with Gasteiger partial charge in [-0.05, 0) is 36.5 Å². The zero-order valence-electron chi connectivity index (χ0n) is 17.5. The molecule has 31 heavy (non-hydrogen) atoms. The van der Waals surface area contributed by atoms with Gasteiger partial charge >= 0.3 is 0 Å². The number of nitrogens with one attached hydrogen (secondary N) is 1. The van der Waals surface area contributed by atoms with E-state index in [1.54, 1.807) is 9.80 Å². The van der Waals surface area contributed by atoms with Crippen LogP contribution in [0.25, 0.3) is 0 Å². The van der Waals surface area contributed by atoms with E-state index < -0.39 is 0 Å². The summed E-state index contributed by atoms with van der Waals surface area (Å²) in [5, 5.41) is 23.7. The zero-order valence-corrected chi connectivity index (χ0v) is 18.2. The molecule has 9 heteroatoms. The number of carbonyl (C=O) groups is 2. The summed E-state index contributed by atoms with van der Waals surface area (Å²) < 4.78 is 0. The lowest BCUT2D eigenvalue weighted by atomic mass is 10.0. The number of amides is 2. The number of phenols is 1. The number of benzene rings is 1. The Bertz CT molecular complexity index is 869. The zero-order chi connectivity index (χ0) is 22.1. The van der Waals surface area contributed by atoms with Crippen molar-refractivity contribution in [2.45, 2.75) is 30.8 Å². The molecule has 8 nitrogen and oxygen atoms in total. The topological polar surface area (TPSA) is 96.4 Å². The minimum atomic E-state index is -0.158. The van der Waals surface area contributed by atoms with E-state index in [-0.39, 0.29) is 42.8 Å². The molecule has 0 spiro atoms. The van der Waals surface area contributed by atoms with Crippen molar-refractivity contribution in [3.05, 3.63) is 35.4 Å². The highest BCUT2D eigenvalue weighted by Gasteiger charge is 2.40. The van der Waals surface area contributed by atoms with Crippen molar-refractivity contribution < 1.29 is 19.8 Å². The minimum Gasteiger partial charge on any atom is -0.506 e. The maximum Gasteiger partial charge on any atom is 0.246 e. The number of halogens is 1. The number of aliphatic hydroxyl groups excluding tert-OH is 1. The van der Waals surface area contributed by atoms with Crippen LogP contribution >= 0.6 is 11.6 Å². The van der Waals surface area contributed by atoms with Crippen molar-refractivity contribution in [1.82, 2.24) is 14.7 Å². The minimum absolute atomic E-state index is 0.0314. The second-order valence-electron chi connectivity index (χ2n) is 8.53. The highest BCUT2D eigenvalue weighted by Crippen LogP contribution is 2.45. The van der Waals surface area contributed by atoms with Crippen LogP contribution in [0, 0.1) is 0 Å². The van der Waals surface area contributed by atoms with Gasteiger partial charge in [0.15, 0.2) is 0 Å². The second-order valence-corrected chi connectivity index (χ2v) is 8.94. The number of phenolic OH excluding ortho intramolecular Hbond substituents is 1. The van der Waals surface area contributed by atoms with Gasteiger partial charge in [-0.3, -0.25) is 14.5 Å². The van der Waals surface area contributed by atoms with E-state index >= 15 is 0 Å². The van der Waals surface area contributed by atoms with E-state index in [0.29, 0.717) is 49.4 Å². The molecule has 3 N–H and O–H groups in total. The van der Waals surface area contributed by atoms with Gasteiger partial charge in [-0.25, -0.2) is 0 Å². The third-order valence-electron chi connectivity index (χ3n) is 6.47. The molecule has 1 aromatic rings. The molecule has 3 aliphatic rings. The lowest BCUT2D eigenvalue weighted by Gasteiger charge is -2.51. The highest BCUT2D eigenvalue weighted by molar-refractivity contribution is 6.31. The molecule has 2 amide bonds. The maximum atomic E-state index is 12.8. The second kappa shape index (κ2) is 9.06. The van der Waals surface area contributed by atoms with E-state index in [4.69, 9.17) is 11.6 Å². The Morgan fingerprint density at radius 3 is 2.58 bits per heavy atom. The van der Waals surface area contributed by atoms with Gasteiger partial charge in [0.25, 0.3) is 0 Å². The van der Waals surface area contributed by atoms with Gasteiger partial charge < -0.3 is 25.3 Å². The third kappa shape index (κ3) is 4.66. The van der Waals surface area contributed by atoms with Crippen LogP contribution in [0.3, 0.4) is 0 Å². The number of hydrogen-bond acceptors (Lipinski definition) is 6. The number of likely N-dealkylation sites (tertiary alicyclic amines) is 1. The Hall–Kier alpha value is -2.29. The van der Waals surface area contributed by atoms with Crippen LogP contribution < -0.4 is 5.32 Å². The standard InChI is InChI=1S/C22H29ClN4O4/c1-2-21(30)26-10-15(11-26)27-6-5-25(12-16(27)13-28)22(31)9-24-19-7-17(14-3-4-14)18(23)8-20(19)29/h2,7-8,14-16,24,28-29H,1,3-6,9-13H2/t16-/m0/s1. The number of rotatable bonds is 7. The van der Waals surface area contributed by atoms with E-state index in [1.807, 2.05) is 6.07 Å². The number of anilines is 1. The number of aliphatic hydroxyl groups is 1. The van der Waals surface area contributed by atoms with E-state index in [2.05, 4.69) is 16.8 Å². The molecule has 4 rings (SSSR count). The fraction of sp³-hybridized carbons (Fsp3) is 0.545. The summed E-state index contributed by atoms with van der Waals surface area (Å²) in [5.74, 6) is 0.306. The molecule has 2 saturated heterocycles. The molecular weight excluding hydrogens is 420 g/mol. The predicted molar refractivity (Wildman–Crippen MR) is 118 cm³/mol. The fourth-order valence-electron chi connectivity index (χ4n) is 4.42. The first-order chi connectivity index (χ1) is 14.9. The van der Waals surface area contributed by atoms with Crippen LogP contribution in [0.1, 0.15) is 24.3 Å². The Balaban J connectivity index is 1.31. The summed E-state index contributed by atoms with van der Waals surface area (Å²) in [6, 6.07) is 3.41. The monoisotopic (exact) mass is 448 g/mol. The smallest absolute Gasteiger partial charge is 0.246 e. The summed E-state index contributed by atoms with van der Waals surface area (Å²) in [6.07, 6.45) is 3.50. The summed E-state index contributed by atoms with van der Waals surface area (Å²) in [7, 11) is 0. The molecular formula is C22H29ClN4O4. The normalized spacial score (nSPS) is 22.2. The van der Waals surface area contributed by atoms with Gasteiger partial charge in [-0.2, -0.15) is 0 Å². The molecule has 0 bridgehead atoms.